The number of unbranched alkanes of at least 4 members (excludes halogenated alkanes) is 1. The summed E-state index contributed by atoms with van der Waals surface area (Å²) in [5, 5.41) is 21.7. The predicted molar refractivity (Wildman–Crippen MR) is 159 cm³/mol. The van der Waals surface area contributed by atoms with E-state index in [1.54, 1.807) is 6.07 Å². The minimum absolute atomic E-state index is 0.0475. The van der Waals surface area contributed by atoms with Crippen LogP contribution in [-0.4, -0.2) is 55.7 Å². The molecule has 7 rings (SSSR count). The molecule has 210 valence electrons. The molecule has 6 heteroatoms. The van der Waals surface area contributed by atoms with Crippen molar-refractivity contribution in [2.24, 2.45) is 23.2 Å². The Hall–Kier alpha value is -0.570. The van der Waals surface area contributed by atoms with Gasteiger partial charge in [-0.05, 0) is 0 Å². The summed E-state index contributed by atoms with van der Waals surface area (Å²) in [6.07, 6.45) is 9.99. The van der Waals surface area contributed by atoms with E-state index in [-0.39, 0.29) is 44.2 Å². The van der Waals surface area contributed by atoms with E-state index < -0.39 is 0 Å². The molecule has 37 heavy (non-hydrogen) atoms. The standard InChI is InChI=1S/C27H38INO4.2C2H6/c1-2-3-8-28-25-18-9-19-24-26(14-29(24)12-16-4-5-16)10-17-6-7-20(30)23(31)22(17)27(19,13-26)11-21(18)32-15-33-25;2*1-2/h6-7,16,18-19,21,24-25,28,30-31H,2-5,8-15H2,1H3;2*1-2H3/t18-,19?,21?,24?,25?,26?,27?;;/m0../s1. The Balaban J connectivity index is 0.000000670. The third-order valence-electron chi connectivity index (χ3n) is 9.98. The maximum absolute atomic E-state index is 11.2. The Morgan fingerprint density at radius 2 is 1.89 bits per heavy atom. The van der Waals surface area contributed by atoms with Crippen LogP contribution < -0.4 is 0 Å². The Bertz CT molecular complexity index is 953. The number of ether oxygens (including phenoxy) is 2. The van der Waals surface area contributed by atoms with Gasteiger partial charge in [-0.1, -0.05) is 27.7 Å². The van der Waals surface area contributed by atoms with Crippen molar-refractivity contribution < 1.29 is 19.7 Å². The molecule has 1 aromatic rings. The third-order valence-corrected chi connectivity index (χ3v) is 13.8. The zero-order valence-corrected chi connectivity index (χ0v) is 26.0. The van der Waals surface area contributed by atoms with Crippen molar-refractivity contribution in [1.82, 2.24) is 4.90 Å². The minimum atomic E-state index is -0.184. The average molecular weight is 628 g/mol. The summed E-state index contributed by atoms with van der Waals surface area (Å²) in [5.41, 5.74) is 2.64. The average Bonchev–Trinajstić information content (AvgIpc) is 3.71. The molecule has 2 saturated heterocycles. The van der Waals surface area contributed by atoms with Crippen molar-refractivity contribution in [2.45, 2.75) is 108 Å². The molecule has 3 saturated carbocycles. The summed E-state index contributed by atoms with van der Waals surface area (Å²) in [4.78, 5) is 2.82. The number of benzene rings is 1. The van der Waals surface area contributed by atoms with E-state index in [0.717, 1.165) is 37.2 Å². The van der Waals surface area contributed by atoms with Crippen molar-refractivity contribution in [3.8, 4) is 11.5 Å². The first-order valence-corrected chi connectivity index (χ1v) is 18.2. The van der Waals surface area contributed by atoms with Crippen LogP contribution in [0.15, 0.2) is 12.1 Å². The van der Waals surface area contributed by atoms with E-state index in [0.29, 0.717) is 34.2 Å². The van der Waals surface area contributed by atoms with E-state index in [1.165, 1.54) is 48.8 Å². The Kier molecular flexibility index (Phi) is 8.42. The molecule has 2 bridgehead atoms. The van der Waals surface area contributed by atoms with Crippen LogP contribution in [0.5, 0.6) is 11.5 Å². The van der Waals surface area contributed by atoms with Crippen molar-refractivity contribution in [3.05, 3.63) is 23.3 Å². The van der Waals surface area contributed by atoms with E-state index in [9.17, 15) is 10.2 Å². The van der Waals surface area contributed by atoms with Gasteiger partial charge in [-0.2, -0.15) is 0 Å². The SMILES string of the molecule is CC.CC.CCCC[IH]C1OCOC2CC34CC5(Cc6ccc(O)c(O)c63)CN(CC3CC3)C5C4C[C@@H]21. The topological polar surface area (TPSA) is 62.2 Å². The molecule has 0 radical (unpaired) electrons. The van der Waals surface area contributed by atoms with Crippen LogP contribution in [0, 0.1) is 23.2 Å². The van der Waals surface area contributed by atoms with Crippen molar-refractivity contribution in [3.63, 3.8) is 0 Å². The van der Waals surface area contributed by atoms with Gasteiger partial charge in [-0.3, -0.25) is 0 Å². The molecule has 2 aliphatic heterocycles. The third kappa shape index (κ3) is 4.54. The van der Waals surface area contributed by atoms with Crippen LogP contribution in [0.25, 0.3) is 0 Å². The fraction of sp³-hybridized carbons (Fsp3) is 0.806. The fourth-order valence-electron chi connectivity index (χ4n) is 8.72. The van der Waals surface area contributed by atoms with Gasteiger partial charge in [0.25, 0.3) is 0 Å². The summed E-state index contributed by atoms with van der Waals surface area (Å²) < 4.78 is 14.4. The van der Waals surface area contributed by atoms with Gasteiger partial charge in [-0.25, -0.2) is 0 Å². The van der Waals surface area contributed by atoms with Gasteiger partial charge in [-0.15, -0.1) is 0 Å². The molecule has 2 spiro atoms. The molecule has 7 atom stereocenters. The number of fused-ring (bicyclic) bond motifs is 3. The number of hydrogen-bond donors (Lipinski definition) is 2. The van der Waals surface area contributed by atoms with Crippen LogP contribution in [0.1, 0.15) is 90.7 Å². The summed E-state index contributed by atoms with van der Waals surface area (Å²) in [7, 11) is 0. The summed E-state index contributed by atoms with van der Waals surface area (Å²) >= 11 is -0.184. The molecule has 2 heterocycles. The quantitative estimate of drug-likeness (QED) is 0.160. The summed E-state index contributed by atoms with van der Waals surface area (Å²) in [6.45, 7) is 13.2. The van der Waals surface area contributed by atoms with E-state index in [1.807, 2.05) is 27.7 Å². The number of phenolic OH excluding ortho intramolecular Hbond substituents is 2. The van der Waals surface area contributed by atoms with Gasteiger partial charge in [0.2, 0.25) is 0 Å². The zero-order valence-electron chi connectivity index (χ0n) is 23.7. The Morgan fingerprint density at radius 3 is 2.62 bits per heavy atom. The second-order valence-electron chi connectivity index (χ2n) is 11.9. The number of hydrogen-bond acceptors (Lipinski definition) is 5. The van der Waals surface area contributed by atoms with E-state index in [4.69, 9.17) is 9.47 Å². The number of phenols is 2. The number of alkyl halides is 2. The Labute approximate surface area is 234 Å². The molecular weight excluding hydrogens is 577 g/mol. The van der Waals surface area contributed by atoms with Gasteiger partial charge in [0, 0.05) is 0 Å². The monoisotopic (exact) mass is 627 g/mol. The number of nitrogens with zero attached hydrogens (tertiary/aromatic N) is 1. The predicted octanol–water partition coefficient (Wildman–Crippen LogP) is 6.66. The second kappa shape index (κ2) is 11.1. The molecular formula is C31H50INO4. The van der Waals surface area contributed by atoms with Gasteiger partial charge >= 0.3 is 208 Å². The first-order valence-electron chi connectivity index (χ1n) is 15.2. The molecule has 5 nitrogen and oxygen atoms in total. The van der Waals surface area contributed by atoms with Crippen LogP contribution >= 0.6 is 21.2 Å². The van der Waals surface area contributed by atoms with Crippen molar-refractivity contribution in [1.29, 1.82) is 0 Å². The normalized spacial score (nSPS) is 39.0. The number of halogens is 1. The molecule has 6 unspecified atom stereocenters. The van der Waals surface area contributed by atoms with Crippen molar-refractivity contribution in [2.75, 3.05) is 24.3 Å². The van der Waals surface area contributed by atoms with Gasteiger partial charge in [0.05, 0.1) is 0 Å². The molecule has 6 aliphatic rings. The molecule has 2 N–H and O–H groups in total. The molecule has 5 fully saturated rings. The first kappa shape index (κ1) is 28.0. The number of likely N-dealkylation sites (tertiary alicyclic amines) is 1. The molecule has 0 amide bonds. The van der Waals surface area contributed by atoms with Crippen molar-refractivity contribution >= 4 is 21.2 Å². The number of rotatable bonds is 6. The Morgan fingerprint density at radius 1 is 1.11 bits per heavy atom. The zero-order chi connectivity index (χ0) is 26.4. The molecule has 0 aromatic heterocycles. The summed E-state index contributed by atoms with van der Waals surface area (Å²) in [5.74, 6) is 2.15. The first-order chi connectivity index (χ1) is 18.0. The van der Waals surface area contributed by atoms with Crippen LogP contribution in [-0.2, 0) is 21.3 Å². The molecule has 4 aliphatic carbocycles. The second-order valence-corrected chi connectivity index (χ2v) is 15.4. The summed E-state index contributed by atoms with van der Waals surface area (Å²) in [6, 6.07) is 4.43. The van der Waals surface area contributed by atoms with Gasteiger partial charge < -0.3 is 0 Å². The van der Waals surface area contributed by atoms with Gasteiger partial charge in [0.1, 0.15) is 0 Å². The van der Waals surface area contributed by atoms with Crippen LogP contribution in [0.4, 0.5) is 0 Å². The van der Waals surface area contributed by atoms with Crippen LogP contribution in [0.3, 0.4) is 0 Å². The maximum atomic E-state index is 11.2. The molecule has 1 aromatic carbocycles. The van der Waals surface area contributed by atoms with E-state index in [2.05, 4.69) is 17.9 Å². The van der Waals surface area contributed by atoms with E-state index >= 15 is 0 Å². The van der Waals surface area contributed by atoms with Crippen LogP contribution in [0.2, 0.25) is 0 Å². The van der Waals surface area contributed by atoms with Gasteiger partial charge in [0.15, 0.2) is 0 Å². The number of aromatic hydroxyl groups is 2. The fourth-order valence-corrected chi connectivity index (χ4v) is 12.6.